The van der Waals surface area contributed by atoms with E-state index < -0.39 is 0 Å². The topological polar surface area (TPSA) is 0 Å². The predicted octanol–water partition coefficient (Wildman–Crippen LogP) is 24.2. The zero-order valence-electron chi connectivity index (χ0n) is 44.5. The summed E-state index contributed by atoms with van der Waals surface area (Å²) in [5.74, 6) is 0. The summed E-state index contributed by atoms with van der Waals surface area (Å²) in [4.78, 5) is 10.2. The van der Waals surface area contributed by atoms with Crippen LogP contribution < -0.4 is 0 Å². The number of rotatable bonds is 12. The highest BCUT2D eigenvalue weighted by atomic mass is 32.1. The minimum absolute atomic E-state index is 1.18. The van der Waals surface area contributed by atoms with Crippen LogP contribution in [0.4, 0.5) is 0 Å². The molecule has 0 N–H and O–H groups in total. The fraction of sp³-hybridized carbons (Fsp3) is 0. The second kappa shape index (κ2) is 21.7. The van der Waals surface area contributed by atoms with Gasteiger partial charge in [-0.05, 0) is 208 Å². The Kier molecular flexibility index (Phi) is 13.1. The first kappa shape index (κ1) is 49.8. The van der Waals surface area contributed by atoms with Gasteiger partial charge in [0.05, 0.1) is 0 Å². The molecule has 15 rings (SSSR count). The summed E-state index contributed by atoms with van der Waals surface area (Å²) in [6, 6.07) is 112. The lowest BCUT2D eigenvalue weighted by Gasteiger charge is -2.21. The molecule has 4 heteroatoms. The van der Waals surface area contributed by atoms with Gasteiger partial charge >= 0.3 is 0 Å². The molecule has 0 spiro atoms. The summed E-state index contributed by atoms with van der Waals surface area (Å²) in [5, 5.41) is 4.85. The van der Waals surface area contributed by atoms with Gasteiger partial charge in [0.1, 0.15) is 0 Å². The van der Waals surface area contributed by atoms with Crippen molar-refractivity contribution in [2.75, 3.05) is 0 Å². The van der Waals surface area contributed by atoms with Crippen molar-refractivity contribution in [3.8, 4) is 128 Å². The maximum absolute atomic E-state index is 2.49. The van der Waals surface area contributed by atoms with Crippen molar-refractivity contribution in [2.24, 2.45) is 0 Å². The zero-order valence-corrected chi connectivity index (χ0v) is 47.8. The van der Waals surface area contributed by atoms with Gasteiger partial charge in [-0.25, -0.2) is 0 Å². The number of benzene rings is 11. The van der Waals surface area contributed by atoms with Crippen molar-refractivity contribution in [1.82, 2.24) is 0 Å². The van der Waals surface area contributed by atoms with Crippen LogP contribution in [0.3, 0.4) is 0 Å². The second-order valence-electron chi connectivity index (χ2n) is 20.7. The van der Waals surface area contributed by atoms with Gasteiger partial charge in [0.15, 0.2) is 0 Å². The number of hydrogen-bond acceptors (Lipinski definition) is 4. The van der Waals surface area contributed by atoms with E-state index in [0.717, 1.165) is 0 Å². The highest BCUT2D eigenvalue weighted by Crippen LogP contribution is 2.51. The minimum Gasteiger partial charge on any atom is -0.134 e. The summed E-state index contributed by atoms with van der Waals surface area (Å²) >= 11 is 7.47. The van der Waals surface area contributed by atoms with E-state index in [1.807, 2.05) is 45.3 Å². The average molecular weight is 1120 g/mol. The number of thiophene rings is 4. The molecule has 0 fully saturated rings. The van der Waals surface area contributed by atoms with Gasteiger partial charge in [-0.15, -0.1) is 45.3 Å². The van der Waals surface area contributed by atoms with Crippen molar-refractivity contribution >= 4 is 66.9 Å². The van der Waals surface area contributed by atoms with Crippen LogP contribution in [0.15, 0.2) is 303 Å². The van der Waals surface area contributed by atoms with Crippen LogP contribution in [0.2, 0.25) is 0 Å². The van der Waals surface area contributed by atoms with E-state index in [0.29, 0.717) is 0 Å². The maximum Gasteiger partial charge on any atom is 0.0449 e. The summed E-state index contributed by atoms with van der Waals surface area (Å²) in [7, 11) is 0. The van der Waals surface area contributed by atoms with E-state index in [-0.39, 0.29) is 0 Å². The minimum atomic E-state index is 1.18. The molecule has 0 aliphatic rings. The Bertz CT molecular complexity index is 4340. The molecule has 11 aromatic carbocycles. The van der Waals surface area contributed by atoms with Gasteiger partial charge in [0.2, 0.25) is 0 Å². The average Bonchev–Trinajstić information content (AvgIpc) is 3.32. The summed E-state index contributed by atoms with van der Waals surface area (Å²) in [5.41, 5.74) is 19.2. The smallest absolute Gasteiger partial charge is 0.0449 e. The molecule has 0 bridgehead atoms. The Hall–Kier alpha value is -9.26. The van der Waals surface area contributed by atoms with Gasteiger partial charge in [-0.3, -0.25) is 0 Å². The molecule has 82 heavy (non-hydrogen) atoms. The predicted molar refractivity (Wildman–Crippen MR) is 358 cm³/mol. The Morgan fingerprint density at radius 2 is 0.366 bits per heavy atom. The lowest BCUT2D eigenvalue weighted by molar-refractivity contribution is 1.57. The molecular formula is C78H50S4. The SMILES string of the molecule is c1ccc(-c2cc(-c3ccccc3)cc(-c3c4ccc(-c5ccc(-c6ccc(-c7ccccc7)s6)s5)cc4c(-c4cc(-c5ccccc5)cc(-c5ccccc5)c4)c4ccc(-c5ccc(-c6ccc(-c7ccccc7)s6)s5)cc34)c2)cc1. The van der Waals surface area contributed by atoms with Crippen molar-refractivity contribution in [3.05, 3.63) is 303 Å². The van der Waals surface area contributed by atoms with Crippen LogP contribution in [0.25, 0.3) is 150 Å². The molecule has 0 saturated carbocycles. The van der Waals surface area contributed by atoms with E-state index in [9.17, 15) is 0 Å². The molecule has 0 amide bonds. The third kappa shape index (κ3) is 9.66. The van der Waals surface area contributed by atoms with Gasteiger partial charge in [-0.2, -0.15) is 0 Å². The standard InChI is InChI=1S/C78H50S4/c1-7-19-51(20-8-1)59-43-60(52-21-9-2-10-22-52)46-63(45-59)77-65-33-31-58(72-38-42-76(82-72)74-40-36-70(80-74)56-29-17-6-18-30-56)50-68(65)78(64-47-61(53-23-11-3-12-24-53)44-62(48-64)54-25-13-4-14-26-54)66-34-32-57(49-67(66)77)71-37-41-75(81-71)73-39-35-69(79-73)55-27-15-5-16-28-55/h1-50H. The summed E-state index contributed by atoms with van der Waals surface area (Å²) in [6.45, 7) is 0. The fourth-order valence-electron chi connectivity index (χ4n) is 11.6. The van der Waals surface area contributed by atoms with Crippen LogP contribution in [0, 0.1) is 0 Å². The van der Waals surface area contributed by atoms with Gasteiger partial charge in [0.25, 0.3) is 0 Å². The highest BCUT2D eigenvalue weighted by molar-refractivity contribution is 7.26. The third-order valence-electron chi connectivity index (χ3n) is 15.6. The van der Waals surface area contributed by atoms with Gasteiger partial charge < -0.3 is 0 Å². The largest absolute Gasteiger partial charge is 0.134 e. The van der Waals surface area contributed by atoms with E-state index in [4.69, 9.17) is 0 Å². The Morgan fingerprint density at radius 1 is 0.134 bits per heavy atom. The van der Waals surface area contributed by atoms with Gasteiger partial charge in [0, 0.05) is 39.0 Å². The first-order valence-corrected chi connectivity index (χ1v) is 30.9. The molecule has 0 saturated heterocycles. The molecule has 0 atom stereocenters. The molecule has 15 aromatic rings. The van der Waals surface area contributed by atoms with Crippen molar-refractivity contribution in [3.63, 3.8) is 0 Å². The molecule has 0 aliphatic heterocycles. The van der Waals surface area contributed by atoms with Crippen LogP contribution in [-0.2, 0) is 0 Å². The Morgan fingerprint density at radius 3 is 0.646 bits per heavy atom. The van der Waals surface area contributed by atoms with Crippen molar-refractivity contribution in [1.29, 1.82) is 0 Å². The zero-order chi connectivity index (χ0) is 54.3. The Balaban J connectivity index is 0.996. The molecule has 0 radical (unpaired) electrons. The fourth-order valence-corrected chi connectivity index (χ4v) is 15.8. The monoisotopic (exact) mass is 1110 g/mol. The summed E-state index contributed by atoms with van der Waals surface area (Å²) < 4.78 is 0. The van der Waals surface area contributed by atoms with E-state index in [1.54, 1.807) is 0 Å². The highest BCUT2D eigenvalue weighted by Gasteiger charge is 2.23. The molecule has 386 valence electrons. The first-order chi connectivity index (χ1) is 40.6. The Labute approximate surface area is 494 Å². The molecular weight excluding hydrogens is 1070 g/mol. The normalized spacial score (nSPS) is 11.4. The lowest BCUT2D eigenvalue weighted by Crippen LogP contribution is -1.94. The van der Waals surface area contributed by atoms with Gasteiger partial charge in [-0.1, -0.05) is 206 Å². The third-order valence-corrected chi connectivity index (χ3v) is 20.5. The molecule has 0 nitrogen and oxygen atoms in total. The van der Waals surface area contributed by atoms with Crippen molar-refractivity contribution in [2.45, 2.75) is 0 Å². The maximum atomic E-state index is 2.49. The molecule has 4 aromatic heterocycles. The van der Waals surface area contributed by atoms with E-state index in [2.05, 4.69) is 303 Å². The van der Waals surface area contributed by atoms with Crippen LogP contribution in [0.1, 0.15) is 0 Å². The lowest BCUT2D eigenvalue weighted by atomic mass is 9.82. The molecule has 0 aliphatic carbocycles. The molecule has 0 unspecified atom stereocenters. The van der Waals surface area contributed by atoms with Crippen molar-refractivity contribution < 1.29 is 0 Å². The summed E-state index contributed by atoms with van der Waals surface area (Å²) in [6.07, 6.45) is 0. The number of fused-ring (bicyclic) bond motifs is 2. The second-order valence-corrected chi connectivity index (χ2v) is 25.1. The van der Waals surface area contributed by atoms with Crippen LogP contribution in [-0.4, -0.2) is 0 Å². The molecule has 4 heterocycles. The van der Waals surface area contributed by atoms with Crippen LogP contribution in [0.5, 0.6) is 0 Å². The van der Waals surface area contributed by atoms with Crippen LogP contribution >= 0.6 is 45.3 Å². The number of hydrogen-bond donors (Lipinski definition) is 0. The van der Waals surface area contributed by atoms with E-state index >= 15 is 0 Å². The first-order valence-electron chi connectivity index (χ1n) is 27.7. The van der Waals surface area contributed by atoms with E-state index in [1.165, 1.54) is 150 Å². The quantitative estimate of drug-likeness (QED) is 0.107.